The van der Waals surface area contributed by atoms with Gasteiger partial charge < -0.3 is 9.47 Å². The second-order valence-corrected chi connectivity index (χ2v) is 3.65. The molecule has 0 aliphatic heterocycles. The average molecular weight is 190 g/mol. The summed E-state index contributed by atoms with van der Waals surface area (Å²) in [7, 11) is 3.29. The molecule has 0 aromatic rings. The summed E-state index contributed by atoms with van der Waals surface area (Å²) in [6.07, 6.45) is 1.07. The van der Waals surface area contributed by atoms with Crippen LogP contribution in [0.15, 0.2) is 0 Å². The van der Waals surface area contributed by atoms with Crippen LogP contribution in [0.2, 0.25) is 0 Å². The molecule has 0 spiro atoms. The Morgan fingerprint density at radius 1 is 1.08 bits per heavy atom. The van der Waals surface area contributed by atoms with Crippen molar-refractivity contribution >= 4 is 14.7 Å². The third kappa shape index (κ3) is 6.78. The number of hydrogen-bond acceptors (Lipinski definition) is 2. The van der Waals surface area contributed by atoms with Crippen LogP contribution in [0, 0.1) is 0 Å². The summed E-state index contributed by atoms with van der Waals surface area (Å²) >= 11 is 0. The van der Waals surface area contributed by atoms with E-state index < -0.39 is 0 Å². The lowest BCUT2D eigenvalue weighted by atomic mass is 10.4. The summed E-state index contributed by atoms with van der Waals surface area (Å²) in [6, 6.07) is 0. The van der Waals surface area contributed by atoms with Gasteiger partial charge >= 0.3 is 0 Å². The van der Waals surface area contributed by atoms with Gasteiger partial charge in [0, 0.05) is 6.42 Å². The molecule has 0 amide bonds. The Hall–Kier alpha value is 0.0900. The van der Waals surface area contributed by atoms with E-state index in [1.807, 2.05) is 33.5 Å². The van der Waals surface area contributed by atoms with Gasteiger partial charge in [-0.3, -0.25) is 0 Å². The lowest BCUT2D eigenvalue weighted by molar-refractivity contribution is -0.175. The van der Waals surface area contributed by atoms with Gasteiger partial charge in [0.1, 0.15) is 0 Å². The SMILES string of the molecule is CC(C)OC(CC=P)OC(C)C. The molecule has 0 radical (unpaired) electrons. The number of ether oxygens (including phenoxy) is 2. The molecule has 3 heteroatoms. The summed E-state index contributed by atoms with van der Waals surface area (Å²) in [5.41, 5.74) is 0. The molecule has 0 N–H and O–H groups in total. The Morgan fingerprint density at radius 2 is 1.50 bits per heavy atom. The molecule has 0 heterocycles. The van der Waals surface area contributed by atoms with Crippen molar-refractivity contribution in [1.29, 1.82) is 0 Å². The van der Waals surface area contributed by atoms with Gasteiger partial charge in [0.25, 0.3) is 0 Å². The van der Waals surface area contributed by atoms with E-state index in [1.54, 1.807) is 0 Å². The summed E-state index contributed by atoms with van der Waals surface area (Å²) in [5, 5.41) is 0. The Balaban J connectivity index is 3.77. The van der Waals surface area contributed by atoms with Gasteiger partial charge in [-0.25, -0.2) is 0 Å². The minimum Gasteiger partial charge on any atom is -0.350 e. The maximum Gasteiger partial charge on any atom is 0.161 e. The van der Waals surface area contributed by atoms with E-state index >= 15 is 0 Å². The highest BCUT2D eigenvalue weighted by molar-refractivity contribution is 7.18. The van der Waals surface area contributed by atoms with Crippen LogP contribution in [0.3, 0.4) is 0 Å². The smallest absolute Gasteiger partial charge is 0.161 e. The normalized spacial score (nSPS) is 11.6. The molecule has 0 aromatic heterocycles. The highest BCUT2D eigenvalue weighted by Crippen LogP contribution is 2.06. The predicted octanol–water partition coefficient (Wildman–Crippen LogP) is 2.50. The first-order valence-electron chi connectivity index (χ1n) is 4.36. The lowest BCUT2D eigenvalue weighted by Gasteiger charge is -2.21. The second-order valence-electron chi connectivity index (χ2n) is 3.24. The van der Waals surface area contributed by atoms with Crippen molar-refractivity contribution in [3.63, 3.8) is 0 Å². The van der Waals surface area contributed by atoms with Crippen LogP contribution in [0.1, 0.15) is 34.1 Å². The Labute approximate surface area is 77.5 Å². The highest BCUT2D eigenvalue weighted by Gasteiger charge is 2.10. The van der Waals surface area contributed by atoms with Gasteiger partial charge in [0.15, 0.2) is 6.29 Å². The van der Waals surface area contributed by atoms with Crippen LogP contribution >= 0.6 is 8.86 Å². The topological polar surface area (TPSA) is 18.5 Å². The van der Waals surface area contributed by atoms with E-state index in [0.29, 0.717) is 0 Å². The highest BCUT2D eigenvalue weighted by atomic mass is 31.0. The van der Waals surface area contributed by atoms with Crippen molar-refractivity contribution < 1.29 is 9.47 Å². The zero-order valence-corrected chi connectivity index (χ0v) is 9.33. The van der Waals surface area contributed by atoms with Gasteiger partial charge in [-0.15, -0.1) is 8.86 Å². The second kappa shape index (κ2) is 6.59. The van der Waals surface area contributed by atoms with Gasteiger partial charge in [-0.05, 0) is 27.7 Å². The quantitative estimate of drug-likeness (QED) is 0.473. The third-order valence-electron chi connectivity index (χ3n) is 1.16. The van der Waals surface area contributed by atoms with Crippen molar-refractivity contribution in [2.45, 2.75) is 52.6 Å². The van der Waals surface area contributed by atoms with Crippen LogP contribution in [-0.2, 0) is 9.47 Å². The molecule has 0 aromatic carbocycles. The first-order valence-corrected chi connectivity index (χ1v) is 4.93. The van der Waals surface area contributed by atoms with Gasteiger partial charge in [-0.1, -0.05) is 5.80 Å². The zero-order chi connectivity index (χ0) is 9.56. The Kier molecular flexibility index (Phi) is 6.64. The van der Waals surface area contributed by atoms with E-state index in [9.17, 15) is 0 Å². The molecular formula is C9H19O2P. The molecule has 0 aliphatic rings. The van der Waals surface area contributed by atoms with E-state index in [1.165, 1.54) is 0 Å². The van der Waals surface area contributed by atoms with E-state index in [2.05, 4.69) is 8.86 Å². The zero-order valence-electron chi connectivity index (χ0n) is 8.33. The van der Waals surface area contributed by atoms with Crippen LogP contribution in [0.4, 0.5) is 0 Å². The molecule has 0 bridgehead atoms. The summed E-state index contributed by atoms with van der Waals surface area (Å²) in [6.45, 7) is 8.02. The van der Waals surface area contributed by atoms with Gasteiger partial charge in [0.05, 0.1) is 12.2 Å². The molecular weight excluding hydrogens is 171 g/mol. The number of rotatable bonds is 6. The first kappa shape index (κ1) is 12.1. The average Bonchev–Trinajstić information content (AvgIpc) is 1.84. The summed E-state index contributed by atoms with van der Waals surface area (Å²) < 4.78 is 11.0. The fourth-order valence-corrected chi connectivity index (χ4v) is 1.04. The van der Waals surface area contributed by atoms with Crippen LogP contribution in [0.25, 0.3) is 0 Å². The summed E-state index contributed by atoms with van der Waals surface area (Å²) in [5.74, 6) is 1.87. The molecule has 0 saturated carbocycles. The van der Waals surface area contributed by atoms with E-state index in [-0.39, 0.29) is 18.5 Å². The molecule has 72 valence electrons. The molecule has 0 rings (SSSR count). The third-order valence-corrected chi connectivity index (χ3v) is 1.39. The minimum absolute atomic E-state index is 0.123. The molecule has 0 atom stereocenters. The Bertz CT molecular complexity index is 114. The molecule has 0 fully saturated rings. The van der Waals surface area contributed by atoms with Crippen molar-refractivity contribution in [3.8, 4) is 0 Å². The maximum atomic E-state index is 5.52. The van der Waals surface area contributed by atoms with Crippen molar-refractivity contribution in [3.05, 3.63) is 0 Å². The molecule has 0 unspecified atom stereocenters. The van der Waals surface area contributed by atoms with E-state index in [4.69, 9.17) is 9.47 Å². The van der Waals surface area contributed by atoms with E-state index in [0.717, 1.165) is 6.42 Å². The van der Waals surface area contributed by atoms with Gasteiger partial charge in [-0.2, -0.15) is 0 Å². The Morgan fingerprint density at radius 3 is 1.75 bits per heavy atom. The van der Waals surface area contributed by atoms with Crippen molar-refractivity contribution in [1.82, 2.24) is 0 Å². The lowest BCUT2D eigenvalue weighted by Crippen LogP contribution is -2.24. The monoisotopic (exact) mass is 190 g/mol. The standard InChI is InChI=1S/C9H19O2P/c1-7(2)10-9(5-6-12)11-8(3)4/h6-9,12H,5H2,1-4H3. The minimum atomic E-state index is -0.123. The van der Waals surface area contributed by atoms with Gasteiger partial charge in [0.2, 0.25) is 0 Å². The summed E-state index contributed by atoms with van der Waals surface area (Å²) in [4.78, 5) is 0. The molecule has 0 saturated heterocycles. The molecule has 0 aliphatic carbocycles. The van der Waals surface area contributed by atoms with Crippen LogP contribution < -0.4 is 0 Å². The van der Waals surface area contributed by atoms with Crippen LogP contribution in [0.5, 0.6) is 0 Å². The number of hydrogen-bond donors (Lipinski definition) is 0. The van der Waals surface area contributed by atoms with Crippen molar-refractivity contribution in [2.24, 2.45) is 0 Å². The predicted molar refractivity (Wildman–Crippen MR) is 55.2 cm³/mol. The largest absolute Gasteiger partial charge is 0.350 e. The maximum absolute atomic E-state index is 5.52. The van der Waals surface area contributed by atoms with Crippen molar-refractivity contribution in [2.75, 3.05) is 0 Å². The van der Waals surface area contributed by atoms with Crippen LogP contribution in [-0.4, -0.2) is 24.3 Å². The fraction of sp³-hybridized carbons (Fsp3) is 0.889. The fourth-order valence-electron chi connectivity index (χ4n) is 0.847. The first-order chi connectivity index (χ1) is 5.56. The molecule has 12 heavy (non-hydrogen) atoms. The molecule has 2 nitrogen and oxygen atoms in total.